The maximum absolute atomic E-state index is 9.48. The van der Waals surface area contributed by atoms with Gasteiger partial charge in [0, 0.05) is 38.3 Å². The van der Waals surface area contributed by atoms with Gasteiger partial charge in [-0.3, -0.25) is 0 Å². The predicted molar refractivity (Wildman–Crippen MR) is 273 cm³/mol. The van der Waals surface area contributed by atoms with Crippen LogP contribution >= 0.6 is 0 Å². The van der Waals surface area contributed by atoms with Gasteiger partial charge in [0.2, 0.25) is 0 Å². The lowest BCUT2D eigenvalue weighted by molar-refractivity contribution is 0.321. The highest BCUT2D eigenvalue weighted by Crippen LogP contribution is 2.67. The number of hydrogen-bond donors (Lipinski definition) is 0. The lowest BCUT2D eigenvalue weighted by Gasteiger charge is -2.47. The molecule has 1 atom stereocenters. The molecule has 0 saturated carbocycles. The fourth-order valence-electron chi connectivity index (χ4n) is 11.9. The Morgan fingerprint density at radius 3 is 1.61 bits per heavy atom. The summed E-state index contributed by atoms with van der Waals surface area (Å²) < 4.78 is 4.85. The summed E-state index contributed by atoms with van der Waals surface area (Å²) in [6, 6.07) is 79.9. The van der Waals surface area contributed by atoms with Crippen molar-refractivity contribution < 1.29 is 0 Å². The van der Waals surface area contributed by atoms with Crippen LogP contribution in [0.5, 0.6) is 0 Å². The van der Waals surface area contributed by atoms with Crippen LogP contribution in [0.2, 0.25) is 0 Å². The third-order valence-corrected chi connectivity index (χ3v) is 14.8. The van der Waals surface area contributed by atoms with Crippen molar-refractivity contribution in [3.63, 3.8) is 0 Å². The number of allylic oxidation sites excluding steroid dienone is 4. The van der Waals surface area contributed by atoms with E-state index in [4.69, 9.17) is 0 Å². The van der Waals surface area contributed by atoms with Gasteiger partial charge in [-0.15, -0.1) is 0 Å². The van der Waals surface area contributed by atoms with Crippen molar-refractivity contribution in [1.82, 2.24) is 9.13 Å². The Balaban J connectivity index is 0.955. The first-order valence-corrected chi connectivity index (χ1v) is 22.9. The van der Waals surface area contributed by atoms with Gasteiger partial charge in [0.25, 0.3) is 0 Å². The van der Waals surface area contributed by atoms with Gasteiger partial charge >= 0.3 is 0 Å². The molecule has 2 heterocycles. The van der Waals surface area contributed by atoms with Crippen LogP contribution in [-0.4, -0.2) is 9.13 Å². The molecule has 1 unspecified atom stereocenters. The van der Waals surface area contributed by atoms with Crippen molar-refractivity contribution in [2.24, 2.45) is 5.41 Å². The zero-order valence-corrected chi connectivity index (χ0v) is 36.5. The van der Waals surface area contributed by atoms with Crippen LogP contribution in [0.25, 0.3) is 82.8 Å². The first kappa shape index (κ1) is 38.0. The van der Waals surface area contributed by atoms with Gasteiger partial charge in [0.05, 0.1) is 39.1 Å². The first-order chi connectivity index (χ1) is 32.5. The molecular formula is C63H43N3. The van der Waals surface area contributed by atoms with E-state index in [9.17, 15) is 5.26 Å². The number of aromatic nitrogens is 2. The van der Waals surface area contributed by atoms with Crippen LogP contribution in [0.3, 0.4) is 0 Å². The highest BCUT2D eigenvalue weighted by Gasteiger charge is 2.59. The Labute approximate surface area is 384 Å². The fraction of sp³-hybridized carbons (Fsp3) is 0.0635. The van der Waals surface area contributed by atoms with E-state index in [-0.39, 0.29) is 5.41 Å². The molecule has 0 saturated heterocycles. The quantitative estimate of drug-likeness (QED) is 0.164. The van der Waals surface area contributed by atoms with Crippen LogP contribution in [0, 0.1) is 16.7 Å². The van der Waals surface area contributed by atoms with Crippen molar-refractivity contribution in [3.8, 4) is 39.7 Å². The second kappa shape index (κ2) is 14.5. The summed E-state index contributed by atoms with van der Waals surface area (Å²) >= 11 is 0. The van der Waals surface area contributed by atoms with Crippen molar-refractivity contribution in [2.75, 3.05) is 0 Å². The molecule has 0 N–H and O–H groups in total. The lowest BCUT2D eigenvalue weighted by Crippen LogP contribution is -2.42. The molecule has 9 aromatic carbocycles. The van der Waals surface area contributed by atoms with E-state index in [1.54, 1.807) is 0 Å². The lowest BCUT2D eigenvalue weighted by atomic mass is 9.55. The Morgan fingerprint density at radius 2 is 0.985 bits per heavy atom. The van der Waals surface area contributed by atoms with Gasteiger partial charge in [-0.25, -0.2) is 0 Å². The Hall–Kier alpha value is -8.45. The molecule has 0 spiro atoms. The van der Waals surface area contributed by atoms with Gasteiger partial charge in [-0.2, -0.15) is 5.26 Å². The molecule has 2 aliphatic rings. The average Bonchev–Trinajstić information content (AvgIpc) is 3.98. The van der Waals surface area contributed by atoms with Crippen LogP contribution in [0.1, 0.15) is 41.2 Å². The number of benzene rings is 9. The second-order valence-corrected chi connectivity index (χ2v) is 18.2. The highest BCUT2D eigenvalue weighted by atomic mass is 15.0. The SMILES string of the molecule is CC12CC=CC=C1c1ccc(-n3c4ccccc4c4cc(-c5ccc6c(c5)c5ccccc5n6-c5ccc(-c6cccc(C#N)c6)cc5)ccc43)cc1C2(c1ccccc1)c1ccccc1. The number of nitrogens with zero attached hydrogens (tertiary/aromatic N) is 3. The number of para-hydroxylation sites is 2. The van der Waals surface area contributed by atoms with E-state index in [1.807, 2.05) is 18.2 Å². The molecule has 0 amide bonds. The van der Waals surface area contributed by atoms with E-state index >= 15 is 0 Å². The minimum absolute atomic E-state index is 0.189. The molecule has 0 radical (unpaired) electrons. The zero-order valence-electron chi connectivity index (χ0n) is 36.5. The highest BCUT2D eigenvalue weighted by molar-refractivity contribution is 6.13. The number of fused-ring (bicyclic) bond motifs is 9. The van der Waals surface area contributed by atoms with Crippen LogP contribution in [0.15, 0.2) is 231 Å². The summed E-state index contributed by atoms with van der Waals surface area (Å²) in [7, 11) is 0. The summed E-state index contributed by atoms with van der Waals surface area (Å²) in [6.07, 6.45) is 7.92. The standard InChI is InChI=1S/C63H43N3/c1-62-36-13-12-23-56(62)53-33-32-50(40-57(53)63(62,47-17-4-2-5-18-47)48-19-6-3-7-20-48)66-59-25-11-9-22-52(59)55-39-46(29-35-61(55)66)45-28-34-60-54(38-45)51-21-8-10-24-58(51)65(60)49-30-26-43(27-31-49)44-16-14-15-42(37-44)41-64/h2-35,37-40H,36H2,1H3. The molecule has 2 aliphatic carbocycles. The third kappa shape index (κ3) is 5.36. The second-order valence-electron chi connectivity index (χ2n) is 18.2. The molecular weight excluding hydrogens is 799 g/mol. The minimum Gasteiger partial charge on any atom is -0.309 e. The van der Waals surface area contributed by atoms with Crippen molar-refractivity contribution in [3.05, 3.63) is 258 Å². The van der Waals surface area contributed by atoms with Crippen molar-refractivity contribution >= 4 is 49.2 Å². The van der Waals surface area contributed by atoms with E-state index in [0.29, 0.717) is 5.56 Å². The van der Waals surface area contributed by atoms with Crippen LogP contribution in [0.4, 0.5) is 0 Å². The number of hydrogen-bond acceptors (Lipinski definition) is 1. The van der Waals surface area contributed by atoms with Gasteiger partial charge in [-0.1, -0.05) is 165 Å². The smallest absolute Gasteiger partial charge is 0.0991 e. The molecule has 0 bridgehead atoms. The van der Waals surface area contributed by atoms with E-state index in [1.165, 1.54) is 77.0 Å². The minimum atomic E-state index is -0.403. The van der Waals surface area contributed by atoms with Gasteiger partial charge in [0.15, 0.2) is 0 Å². The Kier molecular flexibility index (Phi) is 8.38. The summed E-state index contributed by atoms with van der Waals surface area (Å²) in [6.45, 7) is 2.48. The molecule has 3 heteroatoms. The molecule has 11 aromatic rings. The first-order valence-electron chi connectivity index (χ1n) is 22.9. The Bertz CT molecular complexity index is 3820. The normalized spacial score (nSPS) is 16.1. The number of rotatable bonds is 6. The maximum atomic E-state index is 9.48. The molecule has 0 fully saturated rings. The van der Waals surface area contributed by atoms with Crippen LogP contribution < -0.4 is 0 Å². The van der Waals surface area contributed by atoms with Crippen molar-refractivity contribution in [2.45, 2.75) is 18.8 Å². The van der Waals surface area contributed by atoms with Gasteiger partial charge in [0.1, 0.15) is 0 Å². The summed E-state index contributed by atoms with van der Waals surface area (Å²) in [5, 5.41) is 14.4. The maximum Gasteiger partial charge on any atom is 0.0991 e. The van der Waals surface area contributed by atoms with E-state index < -0.39 is 5.41 Å². The van der Waals surface area contributed by atoms with Crippen molar-refractivity contribution in [1.29, 1.82) is 5.26 Å². The Morgan fingerprint density at radius 1 is 0.455 bits per heavy atom. The average molecular weight is 842 g/mol. The largest absolute Gasteiger partial charge is 0.309 e. The summed E-state index contributed by atoms with van der Waals surface area (Å²) in [5.41, 5.74) is 18.3. The summed E-state index contributed by atoms with van der Waals surface area (Å²) in [4.78, 5) is 0. The molecule has 3 nitrogen and oxygen atoms in total. The molecule has 310 valence electrons. The molecule has 66 heavy (non-hydrogen) atoms. The molecule has 0 aliphatic heterocycles. The third-order valence-electron chi connectivity index (χ3n) is 14.8. The topological polar surface area (TPSA) is 33.6 Å². The van der Waals surface area contributed by atoms with Crippen LogP contribution in [-0.2, 0) is 5.41 Å². The molecule has 13 rings (SSSR count). The predicted octanol–water partition coefficient (Wildman–Crippen LogP) is 15.8. The van der Waals surface area contributed by atoms with Gasteiger partial charge < -0.3 is 9.13 Å². The monoisotopic (exact) mass is 841 g/mol. The number of nitriles is 1. The van der Waals surface area contributed by atoms with Gasteiger partial charge in [-0.05, 0) is 129 Å². The van der Waals surface area contributed by atoms with E-state index in [2.05, 4.69) is 234 Å². The fourth-order valence-corrected chi connectivity index (χ4v) is 11.9. The zero-order chi connectivity index (χ0) is 44.0. The summed E-state index contributed by atoms with van der Waals surface area (Å²) in [5.74, 6) is 0. The van der Waals surface area contributed by atoms with E-state index in [0.717, 1.165) is 34.4 Å². The molecule has 2 aromatic heterocycles.